The first-order chi connectivity index (χ1) is 13.6. The number of fused-ring (bicyclic) bond motifs is 1. The van der Waals surface area contributed by atoms with E-state index in [9.17, 15) is 9.59 Å². The van der Waals surface area contributed by atoms with Crippen LogP contribution >= 0.6 is 0 Å². The van der Waals surface area contributed by atoms with Gasteiger partial charge >= 0.3 is 0 Å². The average Bonchev–Trinajstić information content (AvgIpc) is 3.20. The highest BCUT2D eigenvalue weighted by Gasteiger charge is 2.21. The Morgan fingerprint density at radius 3 is 2.54 bits per heavy atom. The van der Waals surface area contributed by atoms with Crippen molar-refractivity contribution in [3.05, 3.63) is 106 Å². The molecule has 0 aliphatic carbocycles. The molecule has 0 radical (unpaired) electrons. The summed E-state index contributed by atoms with van der Waals surface area (Å²) >= 11 is 0. The monoisotopic (exact) mass is 373 g/mol. The van der Waals surface area contributed by atoms with Crippen LogP contribution in [0.5, 0.6) is 0 Å². The molecule has 140 valence electrons. The van der Waals surface area contributed by atoms with Gasteiger partial charge in [-0.1, -0.05) is 36.4 Å². The lowest BCUT2D eigenvalue weighted by Gasteiger charge is -2.21. The van der Waals surface area contributed by atoms with Gasteiger partial charge in [-0.05, 0) is 42.3 Å². The van der Waals surface area contributed by atoms with Gasteiger partial charge in [0.15, 0.2) is 11.2 Å². The molecule has 0 saturated heterocycles. The molecule has 0 saturated carbocycles. The van der Waals surface area contributed by atoms with Crippen LogP contribution in [-0.2, 0) is 13.1 Å². The molecular formula is C23H19NO4. The number of rotatable bonds is 5. The van der Waals surface area contributed by atoms with E-state index < -0.39 is 0 Å². The summed E-state index contributed by atoms with van der Waals surface area (Å²) < 4.78 is 11.2. The van der Waals surface area contributed by atoms with Crippen LogP contribution in [0.25, 0.3) is 11.0 Å². The molecule has 0 fully saturated rings. The number of carbonyl (C=O) groups is 1. The Morgan fingerprint density at radius 2 is 1.79 bits per heavy atom. The van der Waals surface area contributed by atoms with E-state index in [4.69, 9.17) is 8.83 Å². The zero-order chi connectivity index (χ0) is 19.5. The normalized spacial score (nSPS) is 10.9. The van der Waals surface area contributed by atoms with E-state index in [1.807, 2.05) is 49.4 Å². The summed E-state index contributed by atoms with van der Waals surface area (Å²) in [5.41, 5.74) is 2.11. The number of hydrogen-bond acceptors (Lipinski definition) is 4. The van der Waals surface area contributed by atoms with Gasteiger partial charge in [0, 0.05) is 12.6 Å². The highest BCUT2D eigenvalue weighted by molar-refractivity contribution is 5.93. The number of furan rings is 1. The van der Waals surface area contributed by atoms with Crippen LogP contribution in [0.2, 0.25) is 0 Å². The Labute approximate surface area is 161 Å². The Hall–Kier alpha value is -3.60. The van der Waals surface area contributed by atoms with Gasteiger partial charge in [0.25, 0.3) is 5.91 Å². The minimum atomic E-state index is -0.360. The molecule has 0 N–H and O–H groups in total. The Balaban J connectivity index is 1.71. The number of benzene rings is 2. The Morgan fingerprint density at radius 1 is 0.964 bits per heavy atom. The summed E-state index contributed by atoms with van der Waals surface area (Å²) in [5.74, 6) is 0.314. The fraction of sp³-hybridized carbons (Fsp3) is 0.130. The number of hydrogen-bond donors (Lipinski definition) is 0. The fourth-order valence-corrected chi connectivity index (χ4v) is 3.12. The summed E-state index contributed by atoms with van der Waals surface area (Å²) in [4.78, 5) is 27.3. The van der Waals surface area contributed by atoms with Crippen molar-refractivity contribution in [1.82, 2.24) is 4.90 Å². The summed E-state index contributed by atoms with van der Waals surface area (Å²) in [7, 11) is 0. The van der Waals surface area contributed by atoms with E-state index in [0.717, 1.165) is 11.1 Å². The van der Waals surface area contributed by atoms with Crippen molar-refractivity contribution in [3.8, 4) is 0 Å². The molecule has 2 aromatic carbocycles. The second kappa shape index (κ2) is 7.56. The first-order valence-electron chi connectivity index (χ1n) is 9.00. The molecule has 5 nitrogen and oxygen atoms in total. The largest absolute Gasteiger partial charge is 0.467 e. The minimum Gasteiger partial charge on any atom is -0.467 e. The molecule has 4 rings (SSSR count). The number of nitrogens with zero attached hydrogens (tertiary/aromatic N) is 1. The lowest BCUT2D eigenvalue weighted by molar-refractivity contribution is 0.0686. The Bertz CT molecular complexity index is 1160. The van der Waals surface area contributed by atoms with Crippen LogP contribution in [0.15, 0.2) is 86.6 Å². The smallest absolute Gasteiger partial charge is 0.290 e. The van der Waals surface area contributed by atoms with Crippen LogP contribution in [0.1, 0.15) is 27.4 Å². The second-order valence-electron chi connectivity index (χ2n) is 6.70. The summed E-state index contributed by atoms with van der Waals surface area (Å²) in [6.45, 7) is 2.55. The molecule has 0 unspecified atom stereocenters. The van der Waals surface area contributed by atoms with Gasteiger partial charge in [0.2, 0.25) is 0 Å². The van der Waals surface area contributed by atoms with Gasteiger partial charge in [0.1, 0.15) is 11.3 Å². The van der Waals surface area contributed by atoms with Crippen molar-refractivity contribution in [2.45, 2.75) is 20.0 Å². The maximum absolute atomic E-state index is 13.2. The van der Waals surface area contributed by atoms with E-state index in [-0.39, 0.29) is 23.6 Å². The fourth-order valence-electron chi connectivity index (χ4n) is 3.12. The number of carbonyl (C=O) groups excluding carboxylic acids is 1. The van der Waals surface area contributed by atoms with Crippen LogP contribution in [0.4, 0.5) is 0 Å². The van der Waals surface area contributed by atoms with E-state index in [1.165, 1.54) is 6.07 Å². The van der Waals surface area contributed by atoms with Crippen LogP contribution in [0, 0.1) is 6.92 Å². The molecule has 1 amide bonds. The lowest BCUT2D eigenvalue weighted by Crippen LogP contribution is -2.30. The van der Waals surface area contributed by atoms with Crippen molar-refractivity contribution in [3.63, 3.8) is 0 Å². The van der Waals surface area contributed by atoms with Crippen molar-refractivity contribution in [1.29, 1.82) is 0 Å². The third-order valence-electron chi connectivity index (χ3n) is 4.53. The third kappa shape index (κ3) is 3.74. The molecule has 28 heavy (non-hydrogen) atoms. The highest BCUT2D eigenvalue weighted by Crippen LogP contribution is 2.18. The van der Waals surface area contributed by atoms with E-state index in [1.54, 1.807) is 29.4 Å². The third-order valence-corrected chi connectivity index (χ3v) is 4.53. The topological polar surface area (TPSA) is 63.7 Å². The van der Waals surface area contributed by atoms with Crippen LogP contribution < -0.4 is 5.43 Å². The predicted octanol–water partition coefficient (Wildman–Crippen LogP) is 4.54. The molecule has 4 aromatic rings. The molecule has 0 aliphatic heterocycles. The van der Waals surface area contributed by atoms with Crippen molar-refractivity contribution < 1.29 is 13.6 Å². The molecule has 2 aromatic heterocycles. The van der Waals surface area contributed by atoms with Gasteiger partial charge in [-0.15, -0.1) is 0 Å². The average molecular weight is 373 g/mol. The minimum absolute atomic E-state index is 0.0191. The van der Waals surface area contributed by atoms with Crippen LogP contribution in [-0.4, -0.2) is 10.8 Å². The molecule has 0 aliphatic rings. The summed E-state index contributed by atoms with van der Waals surface area (Å²) in [6, 6.07) is 19.8. The first kappa shape index (κ1) is 17.8. The van der Waals surface area contributed by atoms with Crippen molar-refractivity contribution >= 4 is 16.9 Å². The maximum atomic E-state index is 13.2. The second-order valence-corrected chi connectivity index (χ2v) is 6.70. The molecular weight excluding hydrogens is 354 g/mol. The van der Waals surface area contributed by atoms with E-state index in [0.29, 0.717) is 23.3 Å². The summed E-state index contributed by atoms with van der Waals surface area (Å²) in [6.07, 6.45) is 1.57. The highest BCUT2D eigenvalue weighted by atomic mass is 16.3. The van der Waals surface area contributed by atoms with Gasteiger partial charge in [-0.3, -0.25) is 9.59 Å². The molecule has 0 atom stereocenters. The zero-order valence-corrected chi connectivity index (χ0v) is 15.4. The van der Waals surface area contributed by atoms with Crippen molar-refractivity contribution in [2.75, 3.05) is 0 Å². The van der Waals surface area contributed by atoms with Gasteiger partial charge < -0.3 is 13.7 Å². The molecule has 5 heteroatoms. The predicted molar refractivity (Wildman–Crippen MR) is 106 cm³/mol. The van der Waals surface area contributed by atoms with E-state index in [2.05, 4.69) is 0 Å². The van der Waals surface area contributed by atoms with E-state index >= 15 is 0 Å². The maximum Gasteiger partial charge on any atom is 0.290 e. The molecule has 0 spiro atoms. The quantitative estimate of drug-likeness (QED) is 0.515. The SMILES string of the molecule is Cc1ccc2c(=O)cc(C(=O)N(Cc3ccccc3)Cc3ccco3)oc2c1. The lowest BCUT2D eigenvalue weighted by atomic mass is 10.1. The summed E-state index contributed by atoms with van der Waals surface area (Å²) in [5, 5.41) is 0.461. The zero-order valence-electron chi connectivity index (χ0n) is 15.4. The van der Waals surface area contributed by atoms with Gasteiger partial charge in [-0.2, -0.15) is 0 Å². The molecule has 0 bridgehead atoms. The van der Waals surface area contributed by atoms with Gasteiger partial charge in [0.05, 0.1) is 18.2 Å². The van der Waals surface area contributed by atoms with Gasteiger partial charge in [-0.25, -0.2) is 0 Å². The van der Waals surface area contributed by atoms with Crippen molar-refractivity contribution in [2.24, 2.45) is 0 Å². The first-order valence-corrected chi connectivity index (χ1v) is 9.00. The Kier molecular flexibility index (Phi) is 4.81. The number of aryl methyl sites for hydroxylation is 1. The molecule has 2 heterocycles. The van der Waals surface area contributed by atoms with Crippen LogP contribution in [0.3, 0.4) is 0 Å². The number of amides is 1. The standard InChI is InChI=1S/C23H19NO4/c1-16-9-10-19-20(25)13-22(28-21(19)12-16)23(26)24(15-18-8-5-11-27-18)14-17-6-3-2-4-7-17/h2-13H,14-15H2,1H3.